The molecule has 0 spiro atoms. The average molecular weight is 300 g/mol. The predicted octanol–water partition coefficient (Wildman–Crippen LogP) is 3.07. The number of hydrogen-bond donors (Lipinski definition) is 0. The van der Waals surface area contributed by atoms with E-state index in [9.17, 15) is 26.3 Å². The Kier molecular flexibility index (Phi) is 4.32. The fourth-order valence-corrected chi connectivity index (χ4v) is 1.32. The molecule has 1 heterocycles. The van der Waals surface area contributed by atoms with Crippen molar-refractivity contribution in [3.8, 4) is 17.7 Å². The Hall–Kier alpha value is -2.18. The van der Waals surface area contributed by atoms with E-state index in [1.165, 1.54) is 6.07 Å². The van der Waals surface area contributed by atoms with Gasteiger partial charge in [0.25, 0.3) is 5.88 Å². The Morgan fingerprint density at radius 1 is 1.25 bits per heavy atom. The summed E-state index contributed by atoms with van der Waals surface area (Å²) >= 11 is 0. The van der Waals surface area contributed by atoms with Crippen LogP contribution in [0.15, 0.2) is 6.07 Å². The van der Waals surface area contributed by atoms with E-state index >= 15 is 0 Å². The Morgan fingerprint density at radius 3 is 2.25 bits per heavy atom. The molecule has 0 radical (unpaired) electrons. The van der Waals surface area contributed by atoms with Crippen LogP contribution in [0, 0.1) is 11.3 Å². The van der Waals surface area contributed by atoms with E-state index in [1.54, 1.807) is 0 Å². The van der Waals surface area contributed by atoms with Gasteiger partial charge in [-0.25, -0.2) is 4.98 Å². The molecule has 0 amide bonds. The van der Waals surface area contributed by atoms with Crippen LogP contribution in [-0.4, -0.2) is 18.5 Å². The van der Waals surface area contributed by atoms with Gasteiger partial charge in [-0.2, -0.15) is 18.4 Å². The highest BCUT2D eigenvalue weighted by Crippen LogP contribution is 2.42. The molecule has 20 heavy (non-hydrogen) atoms. The lowest BCUT2D eigenvalue weighted by molar-refractivity contribution is -0.276. The number of halogens is 6. The molecule has 4 nitrogen and oxygen atoms in total. The second-order valence-electron chi connectivity index (χ2n) is 3.38. The minimum Gasteiger partial charge on any atom is -0.491 e. The first kappa shape index (κ1) is 15.9. The van der Waals surface area contributed by atoms with E-state index in [2.05, 4.69) is 14.5 Å². The number of nitriles is 1. The Balaban J connectivity index is 3.47. The SMILES string of the molecule is COc1c(C(F)(F)F)cc(CC#N)nc1OC(F)(F)F. The smallest absolute Gasteiger partial charge is 0.491 e. The van der Waals surface area contributed by atoms with Gasteiger partial charge >= 0.3 is 12.5 Å². The number of methoxy groups -OCH3 is 1. The summed E-state index contributed by atoms with van der Waals surface area (Å²) in [6, 6.07) is 1.92. The minimum atomic E-state index is -5.24. The van der Waals surface area contributed by atoms with Crippen LogP contribution in [0.3, 0.4) is 0 Å². The molecule has 0 aliphatic rings. The van der Waals surface area contributed by atoms with Crippen molar-refractivity contribution in [3.63, 3.8) is 0 Å². The third-order valence-electron chi connectivity index (χ3n) is 1.98. The van der Waals surface area contributed by atoms with Gasteiger partial charge in [-0.1, -0.05) is 0 Å². The molecular weight excluding hydrogens is 294 g/mol. The summed E-state index contributed by atoms with van der Waals surface area (Å²) in [4.78, 5) is 3.20. The molecule has 1 aromatic heterocycles. The van der Waals surface area contributed by atoms with Crippen molar-refractivity contribution in [1.82, 2.24) is 4.98 Å². The average Bonchev–Trinajstić information content (AvgIpc) is 2.25. The van der Waals surface area contributed by atoms with E-state index < -0.39 is 41.8 Å². The Bertz CT molecular complexity index is 532. The molecule has 0 atom stereocenters. The molecule has 0 aromatic carbocycles. The number of rotatable bonds is 3. The summed E-state index contributed by atoms with van der Waals surface area (Å²) < 4.78 is 82.3. The number of nitrogens with zero attached hydrogens (tertiary/aromatic N) is 2. The summed E-state index contributed by atoms with van der Waals surface area (Å²) in [5.74, 6) is -2.59. The van der Waals surface area contributed by atoms with Crippen LogP contribution in [0.2, 0.25) is 0 Å². The van der Waals surface area contributed by atoms with Gasteiger partial charge in [0.05, 0.1) is 25.3 Å². The van der Waals surface area contributed by atoms with Crippen molar-refractivity contribution in [2.24, 2.45) is 0 Å². The van der Waals surface area contributed by atoms with Crippen LogP contribution < -0.4 is 9.47 Å². The molecule has 0 saturated carbocycles. The predicted molar refractivity (Wildman–Crippen MR) is 51.8 cm³/mol. The van der Waals surface area contributed by atoms with Gasteiger partial charge in [0, 0.05) is 0 Å². The van der Waals surface area contributed by atoms with Crippen LogP contribution in [-0.2, 0) is 12.6 Å². The van der Waals surface area contributed by atoms with Gasteiger partial charge in [0.2, 0.25) is 0 Å². The summed E-state index contributed by atoms with van der Waals surface area (Å²) in [7, 11) is 0.749. The topological polar surface area (TPSA) is 55.1 Å². The quantitative estimate of drug-likeness (QED) is 0.805. The van der Waals surface area contributed by atoms with Crippen LogP contribution in [0.25, 0.3) is 0 Å². The number of aromatic nitrogens is 1. The maximum absolute atomic E-state index is 12.7. The second-order valence-corrected chi connectivity index (χ2v) is 3.38. The third-order valence-corrected chi connectivity index (χ3v) is 1.98. The molecule has 0 aliphatic carbocycles. The molecule has 1 rings (SSSR count). The van der Waals surface area contributed by atoms with E-state index in [4.69, 9.17) is 5.26 Å². The maximum atomic E-state index is 12.7. The standard InChI is InChI=1S/C10H6F6N2O2/c1-19-7-6(9(11,12)13)4-5(2-3-17)18-8(7)20-10(14,15)16/h4H,2H2,1H3. The zero-order valence-corrected chi connectivity index (χ0v) is 9.76. The summed E-state index contributed by atoms with van der Waals surface area (Å²) in [5.41, 5.74) is -2.01. The minimum absolute atomic E-state index is 0.436. The highest BCUT2D eigenvalue weighted by molar-refractivity contribution is 5.45. The molecule has 0 aliphatic heterocycles. The lowest BCUT2D eigenvalue weighted by atomic mass is 10.1. The third kappa shape index (κ3) is 3.91. The molecule has 1 aromatic rings. The molecule has 110 valence electrons. The van der Waals surface area contributed by atoms with Crippen molar-refractivity contribution >= 4 is 0 Å². The fourth-order valence-electron chi connectivity index (χ4n) is 1.32. The van der Waals surface area contributed by atoms with Crippen LogP contribution in [0.1, 0.15) is 11.3 Å². The molecule has 0 bridgehead atoms. The van der Waals surface area contributed by atoms with Gasteiger partial charge in [0.15, 0.2) is 5.75 Å². The van der Waals surface area contributed by atoms with E-state index in [0.717, 1.165) is 7.11 Å². The lowest BCUT2D eigenvalue weighted by Crippen LogP contribution is -2.20. The van der Waals surface area contributed by atoms with Crippen molar-refractivity contribution in [3.05, 3.63) is 17.3 Å². The highest BCUT2D eigenvalue weighted by Gasteiger charge is 2.40. The number of pyridine rings is 1. The molecule has 0 saturated heterocycles. The summed E-state index contributed by atoms with van der Waals surface area (Å²) in [6.45, 7) is 0. The van der Waals surface area contributed by atoms with Crippen LogP contribution in [0.4, 0.5) is 26.3 Å². The summed E-state index contributed by atoms with van der Waals surface area (Å²) in [6.07, 6.45) is -10.8. The van der Waals surface area contributed by atoms with E-state index in [1.807, 2.05) is 0 Å². The number of alkyl halides is 6. The van der Waals surface area contributed by atoms with E-state index in [-0.39, 0.29) is 0 Å². The van der Waals surface area contributed by atoms with Gasteiger partial charge < -0.3 is 9.47 Å². The zero-order chi connectivity index (χ0) is 15.6. The van der Waals surface area contributed by atoms with Crippen molar-refractivity contribution in [1.29, 1.82) is 5.26 Å². The first-order valence-electron chi connectivity index (χ1n) is 4.86. The molecular formula is C10H6F6N2O2. The van der Waals surface area contributed by atoms with Crippen molar-refractivity contribution in [2.45, 2.75) is 19.0 Å². The van der Waals surface area contributed by atoms with Crippen molar-refractivity contribution in [2.75, 3.05) is 7.11 Å². The van der Waals surface area contributed by atoms with Crippen LogP contribution >= 0.6 is 0 Å². The monoisotopic (exact) mass is 300 g/mol. The van der Waals surface area contributed by atoms with Gasteiger partial charge in [-0.15, -0.1) is 13.2 Å². The molecule has 0 fully saturated rings. The second kappa shape index (κ2) is 5.44. The van der Waals surface area contributed by atoms with E-state index in [0.29, 0.717) is 6.07 Å². The fraction of sp³-hybridized carbons (Fsp3) is 0.400. The lowest BCUT2D eigenvalue weighted by Gasteiger charge is -2.17. The Labute approximate surface area is 108 Å². The molecule has 0 N–H and O–H groups in total. The molecule has 10 heteroatoms. The summed E-state index contributed by atoms with van der Waals surface area (Å²) in [5, 5.41) is 8.40. The maximum Gasteiger partial charge on any atom is 0.574 e. The number of ether oxygens (including phenoxy) is 2. The normalized spacial score (nSPS) is 11.9. The largest absolute Gasteiger partial charge is 0.574 e. The number of hydrogen-bond acceptors (Lipinski definition) is 4. The molecule has 0 unspecified atom stereocenters. The van der Waals surface area contributed by atoms with Crippen LogP contribution in [0.5, 0.6) is 11.6 Å². The van der Waals surface area contributed by atoms with Gasteiger partial charge in [-0.3, -0.25) is 0 Å². The van der Waals surface area contributed by atoms with Gasteiger partial charge in [0.1, 0.15) is 5.56 Å². The highest BCUT2D eigenvalue weighted by atomic mass is 19.4. The van der Waals surface area contributed by atoms with Gasteiger partial charge in [-0.05, 0) is 6.07 Å². The zero-order valence-electron chi connectivity index (χ0n) is 9.76. The Morgan fingerprint density at radius 2 is 1.85 bits per heavy atom. The van der Waals surface area contributed by atoms with Crippen molar-refractivity contribution < 1.29 is 35.8 Å². The first-order chi connectivity index (χ1) is 9.08. The first-order valence-corrected chi connectivity index (χ1v) is 4.86.